The summed E-state index contributed by atoms with van der Waals surface area (Å²) in [4.78, 5) is 11.8. The molecule has 0 unspecified atom stereocenters. The molecule has 100 valence electrons. The van der Waals surface area contributed by atoms with Crippen LogP contribution in [0.1, 0.15) is 47.5 Å². The normalized spacial score (nSPS) is 23.8. The highest BCUT2D eigenvalue weighted by Crippen LogP contribution is 2.35. The van der Waals surface area contributed by atoms with Crippen LogP contribution in [0.4, 0.5) is 0 Å². The van der Waals surface area contributed by atoms with Crippen molar-refractivity contribution in [2.24, 2.45) is 0 Å². The van der Waals surface area contributed by atoms with Crippen LogP contribution in [0, 0.1) is 11.3 Å². The van der Waals surface area contributed by atoms with Gasteiger partial charge in [0.25, 0.3) is 0 Å². The third-order valence-corrected chi connectivity index (χ3v) is 3.12. The number of hydrogen-bond donors (Lipinski definition) is 2. The van der Waals surface area contributed by atoms with Crippen molar-refractivity contribution >= 4 is 5.91 Å². The highest BCUT2D eigenvalue weighted by molar-refractivity contribution is 5.93. The Morgan fingerprint density at radius 2 is 1.72 bits per heavy atom. The number of nitrogens with zero attached hydrogens (tertiary/aromatic N) is 1. The lowest BCUT2D eigenvalue weighted by atomic mass is 9.71. The van der Waals surface area contributed by atoms with E-state index in [2.05, 4.69) is 23.3 Å². The van der Waals surface area contributed by atoms with Crippen LogP contribution in [-0.4, -0.2) is 22.5 Å². The van der Waals surface area contributed by atoms with Gasteiger partial charge in [0, 0.05) is 29.5 Å². The summed E-state index contributed by atoms with van der Waals surface area (Å²) in [6.45, 7) is 13.5. The lowest BCUT2D eigenvalue weighted by Crippen LogP contribution is -2.67. The second-order valence-electron chi connectivity index (χ2n) is 6.67. The second kappa shape index (κ2) is 4.40. The van der Waals surface area contributed by atoms with Gasteiger partial charge in [0.2, 0.25) is 5.91 Å². The molecular formula is C14H23N3O. The third-order valence-electron chi connectivity index (χ3n) is 3.12. The van der Waals surface area contributed by atoms with E-state index in [0.717, 1.165) is 0 Å². The van der Waals surface area contributed by atoms with E-state index in [4.69, 9.17) is 0 Å². The first-order valence-electron chi connectivity index (χ1n) is 6.20. The van der Waals surface area contributed by atoms with Crippen molar-refractivity contribution in [3.63, 3.8) is 0 Å². The molecule has 4 nitrogen and oxygen atoms in total. The monoisotopic (exact) mass is 249 g/mol. The molecule has 0 spiro atoms. The summed E-state index contributed by atoms with van der Waals surface area (Å²) in [5, 5.41) is 15.9. The van der Waals surface area contributed by atoms with Gasteiger partial charge in [-0.1, -0.05) is 6.58 Å². The fraction of sp³-hybridized carbons (Fsp3) is 0.714. The molecule has 1 fully saturated rings. The Labute approximate surface area is 109 Å². The number of amides is 1. The minimum absolute atomic E-state index is 0.195. The lowest BCUT2D eigenvalue weighted by molar-refractivity contribution is -0.119. The Morgan fingerprint density at radius 3 is 2.06 bits per heavy atom. The number of carbonyl (C=O) groups excluding carboxylic acids is 1. The van der Waals surface area contributed by atoms with Crippen molar-refractivity contribution in [3.8, 4) is 6.07 Å². The Morgan fingerprint density at radius 1 is 1.28 bits per heavy atom. The Kier molecular flexibility index (Phi) is 3.60. The Balaban J connectivity index is 3.04. The maximum absolute atomic E-state index is 11.8. The first-order valence-corrected chi connectivity index (χ1v) is 6.20. The molecule has 0 bridgehead atoms. The molecule has 0 aromatic rings. The fourth-order valence-electron chi connectivity index (χ4n) is 3.10. The van der Waals surface area contributed by atoms with E-state index in [0.29, 0.717) is 18.4 Å². The van der Waals surface area contributed by atoms with Gasteiger partial charge in [-0.3, -0.25) is 4.79 Å². The largest absolute Gasteiger partial charge is 0.334 e. The number of hydrogen-bond acceptors (Lipinski definition) is 3. The smallest absolute Gasteiger partial charge is 0.247 e. The van der Waals surface area contributed by atoms with Gasteiger partial charge >= 0.3 is 0 Å². The van der Waals surface area contributed by atoms with Crippen LogP contribution < -0.4 is 10.6 Å². The quantitative estimate of drug-likeness (QED) is 0.734. The predicted molar refractivity (Wildman–Crippen MR) is 71.8 cm³/mol. The van der Waals surface area contributed by atoms with Gasteiger partial charge in [-0.2, -0.15) is 5.26 Å². The highest BCUT2D eigenvalue weighted by atomic mass is 16.1. The van der Waals surface area contributed by atoms with Gasteiger partial charge in [0.05, 0.1) is 6.07 Å². The van der Waals surface area contributed by atoms with E-state index in [1.165, 1.54) is 0 Å². The van der Waals surface area contributed by atoms with Gasteiger partial charge in [-0.25, -0.2) is 0 Å². The zero-order valence-corrected chi connectivity index (χ0v) is 12.0. The summed E-state index contributed by atoms with van der Waals surface area (Å²) in [5.41, 5.74) is -0.785. The molecule has 18 heavy (non-hydrogen) atoms. The molecule has 0 saturated carbocycles. The molecule has 1 aliphatic rings. The van der Waals surface area contributed by atoms with Crippen LogP contribution in [0.25, 0.3) is 0 Å². The van der Waals surface area contributed by atoms with Crippen LogP contribution in [0.5, 0.6) is 0 Å². The van der Waals surface area contributed by atoms with Gasteiger partial charge in [0.15, 0.2) is 0 Å². The molecule has 0 radical (unpaired) electrons. The summed E-state index contributed by atoms with van der Waals surface area (Å²) < 4.78 is 0. The number of nitrogens with one attached hydrogen (secondary N) is 2. The van der Waals surface area contributed by atoms with Gasteiger partial charge < -0.3 is 10.6 Å². The Hall–Kier alpha value is -1.34. The fourth-order valence-corrected chi connectivity index (χ4v) is 3.10. The molecule has 0 atom stereocenters. The van der Waals surface area contributed by atoms with Crippen LogP contribution in [-0.2, 0) is 4.79 Å². The van der Waals surface area contributed by atoms with Crippen LogP contribution in [0.3, 0.4) is 0 Å². The van der Waals surface area contributed by atoms with Gasteiger partial charge in [0.1, 0.15) is 5.54 Å². The summed E-state index contributed by atoms with van der Waals surface area (Å²) in [6.07, 6.45) is 1.16. The summed E-state index contributed by atoms with van der Waals surface area (Å²) in [5.74, 6) is -0.245. The average molecular weight is 249 g/mol. The van der Waals surface area contributed by atoms with Crippen molar-refractivity contribution in [3.05, 3.63) is 12.2 Å². The summed E-state index contributed by atoms with van der Waals surface area (Å²) in [7, 11) is 0. The van der Waals surface area contributed by atoms with Crippen LogP contribution in [0.15, 0.2) is 12.2 Å². The molecule has 1 heterocycles. The molecule has 1 amide bonds. The second-order valence-corrected chi connectivity index (χ2v) is 6.67. The SMILES string of the molecule is C=C(C)C(=O)NC1(C#N)CC(C)(C)NC(C)(C)C1. The molecule has 0 aliphatic carbocycles. The zero-order valence-electron chi connectivity index (χ0n) is 12.0. The standard InChI is InChI=1S/C14H23N3O/c1-10(2)11(18)16-14(9-15)7-12(3,4)17-13(5,6)8-14/h17H,1,7-8H2,2-6H3,(H,16,18). The number of nitriles is 1. The van der Waals surface area contributed by atoms with Crippen molar-refractivity contribution < 1.29 is 4.79 Å². The maximum atomic E-state index is 11.8. The van der Waals surface area contributed by atoms with Crippen molar-refractivity contribution in [2.75, 3.05) is 0 Å². The molecule has 4 heteroatoms. The highest BCUT2D eigenvalue weighted by Gasteiger charge is 2.48. The molecule has 0 aromatic carbocycles. The van der Waals surface area contributed by atoms with E-state index in [1.54, 1.807) is 6.92 Å². The molecule has 1 rings (SSSR count). The molecule has 0 aromatic heterocycles. The number of rotatable bonds is 2. The summed E-state index contributed by atoms with van der Waals surface area (Å²) in [6, 6.07) is 2.30. The van der Waals surface area contributed by atoms with Gasteiger partial charge in [-0.05, 0) is 34.6 Å². The summed E-state index contributed by atoms with van der Waals surface area (Å²) >= 11 is 0. The van der Waals surface area contributed by atoms with Crippen molar-refractivity contribution in [1.82, 2.24) is 10.6 Å². The predicted octanol–water partition coefficient (Wildman–Crippen LogP) is 1.88. The minimum atomic E-state index is -0.825. The Bertz CT molecular complexity index is 399. The van der Waals surface area contributed by atoms with Gasteiger partial charge in [-0.15, -0.1) is 0 Å². The molecule has 1 saturated heterocycles. The topological polar surface area (TPSA) is 64.9 Å². The first-order chi connectivity index (χ1) is 8.01. The molecule has 2 N–H and O–H groups in total. The third kappa shape index (κ3) is 3.33. The van der Waals surface area contributed by atoms with E-state index < -0.39 is 5.54 Å². The van der Waals surface area contributed by atoms with Crippen LogP contribution in [0.2, 0.25) is 0 Å². The lowest BCUT2D eigenvalue weighted by Gasteiger charge is -2.50. The average Bonchev–Trinajstić information content (AvgIpc) is 2.12. The van der Waals surface area contributed by atoms with Crippen molar-refractivity contribution in [1.29, 1.82) is 5.26 Å². The van der Waals surface area contributed by atoms with E-state index in [-0.39, 0.29) is 17.0 Å². The van der Waals surface area contributed by atoms with Crippen LogP contribution >= 0.6 is 0 Å². The van der Waals surface area contributed by atoms with Crippen molar-refractivity contribution in [2.45, 2.75) is 64.1 Å². The first kappa shape index (κ1) is 14.7. The minimum Gasteiger partial charge on any atom is -0.334 e. The molecule has 1 aliphatic heterocycles. The number of piperidine rings is 1. The maximum Gasteiger partial charge on any atom is 0.247 e. The van der Waals surface area contributed by atoms with E-state index in [1.807, 2.05) is 27.7 Å². The van der Waals surface area contributed by atoms with E-state index >= 15 is 0 Å². The molecular weight excluding hydrogens is 226 g/mol. The van der Waals surface area contributed by atoms with E-state index in [9.17, 15) is 10.1 Å². The number of carbonyl (C=O) groups is 1. The zero-order chi connectivity index (χ0) is 14.2.